The molecule has 0 radical (unpaired) electrons. The van der Waals surface area contributed by atoms with Crippen LogP contribution in [-0.2, 0) is 9.53 Å². The second kappa shape index (κ2) is 5.17. The van der Waals surface area contributed by atoms with Crippen LogP contribution in [0.2, 0.25) is 0 Å². The molecular formula is C14H16N2O2S. The van der Waals surface area contributed by atoms with Crippen LogP contribution in [0.1, 0.15) is 19.8 Å². The fraction of sp³-hybridized carbons (Fsp3) is 0.429. The number of fused-ring (bicyclic) bond motifs is 1. The Morgan fingerprint density at radius 2 is 2.26 bits per heavy atom. The summed E-state index contributed by atoms with van der Waals surface area (Å²) in [5.41, 5.74) is 0.997. The Morgan fingerprint density at radius 3 is 3.00 bits per heavy atom. The molecule has 0 saturated heterocycles. The van der Waals surface area contributed by atoms with Gasteiger partial charge in [0, 0.05) is 11.4 Å². The quantitative estimate of drug-likeness (QED) is 0.788. The number of hydrogen-bond donors (Lipinski definition) is 0. The molecule has 19 heavy (non-hydrogen) atoms. The number of carbonyl (C=O) groups is 1. The maximum Gasteiger partial charge on any atom is 0.325 e. The maximum atomic E-state index is 11.7. The third-order valence-corrected chi connectivity index (χ3v) is 4.13. The van der Waals surface area contributed by atoms with E-state index in [2.05, 4.69) is 15.3 Å². The van der Waals surface area contributed by atoms with Crippen molar-refractivity contribution in [2.24, 2.45) is 0 Å². The summed E-state index contributed by atoms with van der Waals surface area (Å²) >= 11 is 1.47. The van der Waals surface area contributed by atoms with E-state index in [0.29, 0.717) is 19.2 Å². The van der Waals surface area contributed by atoms with Gasteiger partial charge in [-0.2, -0.15) is 4.37 Å². The molecule has 5 heteroatoms. The van der Waals surface area contributed by atoms with E-state index in [9.17, 15) is 4.79 Å². The second-order valence-electron chi connectivity index (χ2n) is 4.67. The minimum Gasteiger partial charge on any atom is -0.465 e. The highest BCUT2D eigenvalue weighted by Crippen LogP contribution is 2.38. The summed E-state index contributed by atoms with van der Waals surface area (Å²) in [6, 6.07) is 8.53. The normalized spacial score (nSPS) is 14.6. The lowest BCUT2D eigenvalue weighted by Crippen LogP contribution is -2.32. The van der Waals surface area contributed by atoms with Crippen LogP contribution in [0.25, 0.3) is 10.9 Å². The van der Waals surface area contributed by atoms with Gasteiger partial charge in [0.2, 0.25) is 0 Å². The van der Waals surface area contributed by atoms with E-state index in [-0.39, 0.29) is 5.97 Å². The van der Waals surface area contributed by atoms with Gasteiger partial charge < -0.3 is 9.64 Å². The Labute approximate surface area is 116 Å². The molecule has 1 saturated carbocycles. The van der Waals surface area contributed by atoms with E-state index in [1.54, 1.807) is 0 Å². The first-order valence-corrected chi connectivity index (χ1v) is 7.33. The number of anilines is 1. The van der Waals surface area contributed by atoms with Crippen LogP contribution in [0, 0.1) is 0 Å². The summed E-state index contributed by atoms with van der Waals surface area (Å²) in [7, 11) is 0. The van der Waals surface area contributed by atoms with Crippen molar-refractivity contribution in [3.63, 3.8) is 0 Å². The molecule has 0 amide bonds. The van der Waals surface area contributed by atoms with Crippen LogP contribution in [0.5, 0.6) is 0 Å². The van der Waals surface area contributed by atoms with Gasteiger partial charge in [-0.05, 0) is 43.4 Å². The van der Waals surface area contributed by atoms with Crippen molar-refractivity contribution in [2.75, 3.05) is 18.1 Å². The van der Waals surface area contributed by atoms with Gasteiger partial charge >= 0.3 is 5.97 Å². The predicted molar refractivity (Wildman–Crippen MR) is 76.6 cm³/mol. The number of rotatable bonds is 5. The lowest BCUT2D eigenvalue weighted by atomic mass is 10.2. The van der Waals surface area contributed by atoms with Crippen molar-refractivity contribution in [2.45, 2.75) is 25.8 Å². The Morgan fingerprint density at radius 1 is 1.47 bits per heavy atom. The maximum absolute atomic E-state index is 11.7. The Hall–Kier alpha value is -1.62. The Kier molecular flexibility index (Phi) is 3.38. The van der Waals surface area contributed by atoms with Crippen molar-refractivity contribution in [1.29, 1.82) is 0 Å². The van der Waals surface area contributed by atoms with E-state index >= 15 is 0 Å². The van der Waals surface area contributed by atoms with Gasteiger partial charge in [0.25, 0.3) is 0 Å². The summed E-state index contributed by atoms with van der Waals surface area (Å²) in [5, 5.41) is 2.22. The van der Waals surface area contributed by atoms with E-state index in [1.165, 1.54) is 11.5 Å². The molecule has 0 bridgehead atoms. The van der Waals surface area contributed by atoms with Crippen LogP contribution in [0.4, 0.5) is 5.00 Å². The first-order chi connectivity index (χ1) is 9.29. The van der Waals surface area contributed by atoms with Crippen LogP contribution in [0.3, 0.4) is 0 Å². The lowest BCUT2D eigenvalue weighted by molar-refractivity contribution is -0.141. The standard InChI is InChI=1S/C14H16N2O2S/c1-2-18-13(17)9-16(10-7-8-10)14-11-5-3-4-6-12(11)15-19-14/h3-6,10H,2,7-9H2,1H3. The Balaban J connectivity index is 1.89. The molecule has 0 atom stereocenters. The number of esters is 1. The molecule has 1 heterocycles. The number of hydrogen-bond acceptors (Lipinski definition) is 5. The van der Waals surface area contributed by atoms with Crippen molar-refractivity contribution < 1.29 is 9.53 Å². The zero-order chi connectivity index (χ0) is 13.2. The summed E-state index contributed by atoms with van der Waals surface area (Å²) in [5.74, 6) is -0.160. The first-order valence-electron chi connectivity index (χ1n) is 6.56. The summed E-state index contributed by atoms with van der Waals surface area (Å²) in [6.45, 7) is 2.59. The monoisotopic (exact) mass is 276 g/mol. The summed E-state index contributed by atoms with van der Waals surface area (Å²) in [4.78, 5) is 13.9. The highest BCUT2D eigenvalue weighted by atomic mass is 32.1. The molecule has 0 N–H and O–H groups in total. The van der Waals surface area contributed by atoms with Crippen molar-refractivity contribution >= 4 is 33.4 Å². The van der Waals surface area contributed by atoms with Crippen molar-refractivity contribution in [3.05, 3.63) is 24.3 Å². The lowest BCUT2D eigenvalue weighted by Gasteiger charge is -2.21. The van der Waals surface area contributed by atoms with Gasteiger partial charge in [0.1, 0.15) is 11.5 Å². The third kappa shape index (κ3) is 2.56. The zero-order valence-electron chi connectivity index (χ0n) is 10.8. The van der Waals surface area contributed by atoms with Crippen LogP contribution in [0.15, 0.2) is 24.3 Å². The number of ether oxygens (including phenoxy) is 1. The Bertz CT molecular complexity index is 592. The highest BCUT2D eigenvalue weighted by molar-refractivity contribution is 7.11. The van der Waals surface area contributed by atoms with Gasteiger partial charge in [-0.15, -0.1) is 0 Å². The molecule has 3 rings (SSSR count). The number of benzene rings is 1. The summed E-state index contributed by atoms with van der Waals surface area (Å²) < 4.78 is 9.51. The second-order valence-corrected chi connectivity index (χ2v) is 5.42. The molecule has 1 aromatic carbocycles. The van der Waals surface area contributed by atoms with Crippen LogP contribution >= 0.6 is 11.5 Å². The summed E-state index contributed by atoms with van der Waals surface area (Å²) in [6.07, 6.45) is 2.29. The van der Waals surface area contributed by atoms with Crippen LogP contribution < -0.4 is 4.90 Å². The molecule has 1 aliphatic carbocycles. The van der Waals surface area contributed by atoms with Gasteiger partial charge in [0.15, 0.2) is 0 Å². The molecule has 1 aliphatic rings. The molecular weight excluding hydrogens is 260 g/mol. The smallest absolute Gasteiger partial charge is 0.325 e. The van der Waals surface area contributed by atoms with Gasteiger partial charge in [-0.25, -0.2) is 0 Å². The molecule has 1 aromatic heterocycles. The van der Waals surface area contributed by atoms with Gasteiger partial charge in [-0.1, -0.05) is 12.1 Å². The van der Waals surface area contributed by atoms with Crippen molar-refractivity contribution in [1.82, 2.24) is 4.37 Å². The fourth-order valence-corrected chi connectivity index (χ4v) is 3.11. The average molecular weight is 276 g/mol. The molecule has 0 aliphatic heterocycles. The topological polar surface area (TPSA) is 42.4 Å². The molecule has 2 aromatic rings. The largest absolute Gasteiger partial charge is 0.465 e. The fourth-order valence-electron chi connectivity index (χ4n) is 2.18. The molecule has 0 unspecified atom stereocenters. The number of carbonyl (C=O) groups excluding carboxylic acids is 1. The average Bonchev–Trinajstić information content (AvgIpc) is 3.16. The predicted octanol–water partition coefficient (Wildman–Crippen LogP) is 2.83. The zero-order valence-corrected chi connectivity index (χ0v) is 11.7. The number of aromatic nitrogens is 1. The first kappa shape index (κ1) is 12.4. The van der Waals surface area contributed by atoms with E-state index < -0.39 is 0 Å². The van der Waals surface area contributed by atoms with Crippen molar-refractivity contribution in [3.8, 4) is 0 Å². The molecule has 100 valence electrons. The van der Waals surface area contributed by atoms with E-state index in [0.717, 1.165) is 28.7 Å². The highest BCUT2D eigenvalue weighted by Gasteiger charge is 2.32. The SMILES string of the molecule is CCOC(=O)CN(c1snc2ccccc12)C1CC1. The molecule has 0 spiro atoms. The van der Waals surface area contributed by atoms with Gasteiger partial charge in [-0.3, -0.25) is 4.79 Å². The third-order valence-electron chi connectivity index (χ3n) is 3.22. The van der Waals surface area contributed by atoms with Gasteiger partial charge in [0.05, 0.1) is 12.1 Å². The minimum atomic E-state index is -0.160. The molecule has 4 nitrogen and oxygen atoms in total. The minimum absolute atomic E-state index is 0.160. The van der Waals surface area contributed by atoms with E-state index in [4.69, 9.17) is 4.74 Å². The number of nitrogens with zero attached hydrogens (tertiary/aromatic N) is 2. The molecule has 1 fully saturated rings. The van der Waals surface area contributed by atoms with Crippen LogP contribution in [-0.4, -0.2) is 29.5 Å². The van der Waals surface area contributed by atoms with E-state index in [1.807, 2.05) is 25.1 Å².